The zero-order valence-electron chi connectivity index (χ0n) is 20.2. The molecule has 1 aliphatic rings. The first kappa shape index (κ1) is 23.1. The van der Waals surface area contributed by atoms with Gasteiger partial charge in [-0.3, -0.25) is 4.79 Å². The molecule has 1 fully saturated rings. The van der Waals surface area contributed by atoms with Crippen molar-refractivity contribution in [3.8, 4) is 5.75 Å². The average molecular weight is 470 g/mol. The topological polar surface area (TPSA) is 67.6 Å². The number of aliphatic hydroxyl groups is 1. The lowest BCUT2D eigenvalue weighted by Crippen LogP contribution is -2.26. The second-order valence-electron chi connectivity index (χ2n) is 9.46. The van der Waals surface area contributed by atoms with Crippen molar-refractivity contribution in [3.63, 3.8) is 0 Å². The van der Waals surface area contributed by atoms with Crippen LogP contribution in [0, 0.1) is 13.8 Å². The molecule has 0 radical (unpaired) electrons. The highest BCUT2D eigenvalue weighted by Gasteiger charge is 2.34. The lowest BCUT2D eigenvalue weighted by molar-refractivity contribution is -0.128. The predicted molar refractivity (Wildman–Crippen MR) is 136 cm³/mol. The maximum atomic E-state index is 12.8. The van der Waals surface area contributed by atoms with E-state index in [1.807, 2.05) is 91.5 Å². The second-order valence-corrected chi connectivity index (χ2v) is 9.46. The molecule has 0 saturated carbocycles. The number of nitrogens with zero attached hydrogens (tertiary/aromatic N) is 3. The number of ether oxygens (including phenoxy) is 1. The van der Waals surface area contributed by atoms with Gasteiger partial charge in [-0.15, -0.1) is 0 Å². The van der Waals surface area contributed by atoms with Crippen LogP contribution in [0.25, 0.3) is 11.0 Å². The van der Waals surface area contributed by atoms with Crippen LogP contribution in [0.15, 0.2) is 72.8 Å². The van der Waals surface area contributed by atoms with E-state index in [1.54, 1.807) is 0 Å². The van der Waals surface area contributed by atoms with Crippen LogP contribution in [0.2, 0.25) is 0 Å². The Labute approximate surface area is 205 Å². The van der Waals surface area contributed by atoms with Gasteiger partial charge in [-0.2, -0.15) is 0 Å². The van der Waals surface area contributed by atoms with Gasteiger partial charge in [0, 0.05) is 25.4 Å². The molecule has 6 heteroatoms. The smallest absolute Gasteiger partial charge is 0.223 e. The number of hydrogen-bond acceptors (Lipinski definition) is 4. The average Bonchev–Trinajstić information content (AvgIpc) is 3.40. The summed E-state index contributed by atoms with van der Waals surface area (Å²) >= 11 is 0. The molecule has 2 heterocycles. The van der Waals surface area contributed by atoms with E-state index in [0.29, 0.717) is 26.1 Å². The fraction of sp³-hybridized carbons (Fsp3) is 0.310. The minimum atomic E-state index is -0.719. The summed E-state index contributed by atoms with van der Waals surface area (Å²) < 4.78 is 8.03. The van der Waals surface area contributed by atoms with Crippen LogP contribution < -0.4 is 4.74 Å². The van der Waals surface area contributed by atoms with Crippen molar-refractivity contribution in [3.05, 3.63) is 95.3 Å². The molecule has 0 spiro atoms. The van der Waals surface area contributed by atoms with Gasteiger partial charge in [0.2, 0.25) is 5.91 Å². The maximum Gasteiger partial charge on any atom is 0.223 e. The molecule has 35 heavy (non-hydrogen) atoms. The molecule has 1 saturated heterocycles. The first-order valence-corrected chi connectivity index (χ1v) is 12.1. The molecule has 1 amide bonds. The standard InChI is InChI=1S/C29H31N3O3/c1-20-12-13-21(2)27(14-20)35-19-24(33)18-32-26-11-7-6-10-25(26)30-29(32)23-15-28(34)31(17-23)16-22-8-4-3-5-9-22/h3-14,23-24,33H,15-19H2,1-2H3/t23-,24-/m0/s1. The minimum Gasteiger partial charge on any atom is -0.491 e. The van der Waals surface area contributed by atoms with Gasteiger partial charge in [0.05, 0.1) is 17.6 Å². The highest BCUT2D eigenvalue weighted by atomic mass is 16.5. The van der Waals surface area contributed by atoms with Gasteiger partial charge in [-0.05, 0) is 48.7 Å². The summed E-state index contributed by atoms with van der Waals surface area (Å²) in [6.07, 6.45) is -0.297. The van der Waals surface area contributed by atoms with Crippen LogP contribution in [0.1, 0.15) is 34.9 Å². The zero-order valence-corrected chi connectivity index (χ0v) is 20.2. The van der Waals surface area contributed by atoms with E-state index in [4.69, 9.17) is 9.72 Å². The van der Waals surface area contributed by atoms with Gasteiger partial charge in [-0.1, -0.05) is 54.6 Å². The van der Waals surface area contributed by atoms with Crippen molar-refractivity contribution in [2.45, 2.75) is 45.4 Å². The largest absolute Gasteiger partial charge is 0.491 e. The number of amides is 1. The number of fused-ring (bicyclic) bond motifs is 1. The number of para-hydroxylation sites is 2. The van der Waals surface area contributed by atoms with E-state index >= 15 is 0 Å². The summed E-state index contributed by atoms with van der Waals surface area (Å²) in [6, 6.07) is 24.1. The molecule has 1 N–H and O–H groups in total. The van der Waals surface area contributed by atoms with Gasteiger partial charge >= 0.3 is 0 Å². The van der Waals surface area contributed by atoms with E-state index < -0.39 is 6.10 Å². The fourth-order valence-corrected chi connectivity index (χ4v) is 4.81. The maximum absolute atomic E-state index is 12.8. The van der Waals surface area contributed by atoms with E-state index in [-0.39, 0.29) is 18.4 Å². The number of imidazole rings is 1. The third-order valence-corrected chi connectivity index (χ3v) is 6.65. The van der Waals surface area contributed by atoms with Crippen LogP contribution in [0.4, 0.5) is 0 Å². The molecule has 0 aliphatic carbocycles. The van der Waals surface area contributed by atoms with E-state index in [1.165, 1.54) is 0 Å². The summed E-state index contributed by atoms with van der Waals surface area (Å²) in [6.45, 7) is 5.77. The lowest BCUT2D eigenvalue weighted by atomic mass is 10.1. The Morgan fingerprint density at radius 1 is 1.06 bits per heavy atom. The normalized spacial score (nSPS) is 16.7. The van der Waals surface area contributed by atoms with Crippen molar-refractivity contribution >= 4 is 16.9 Å². The Hall–Kier alpha value is -3.64. The highest BCUT2D eigenvalue weighted by Crippen LogP contribution is 2.31. The van der Waals surface area contributed by atoms with Crippen molar-refractivity contribution in [2.24, 2.45) is 0 Å². The van der Waals surface area contributed by atoms with E-state index in [9.17, 15) is 9.90 Å². The molecular formula is C29H31N3O3. The van der Waals surface area contributed by atoms with Gasteiger partial charge in [0.1, 0.15) is 24.3 Å². The quantitative estimate of drug-likeness (QED) is 0.409. The molecular weight excluding hydrogens is 438 g/mol. The summed E-state index contributed by atoms with van der Waals surface area (Å²) in [5.41, 5.74) is 5.11. The molecule has 2 atom stereocenters. The zero-order chi connectivity index (χ0) is 24.4. The van der Waals surface area contributed by atoms with Crippen molar-refractivity contribution < 1.29 is 14.6 Å². The molecule has 0 unspecified atom stereocenters. The van der Waals surface area contributed by atoms with Crippen LogP contribution in [-0.4, -0.2) is 44.7 Å². The predicted octanol–water partition coefficient (Wildman–Crippen LogP) is 4.61. The van der Waals surface area contributed by atoms with Gasteiger partial charge < -0.3 is 19.3 Å². The molecule has 1 aliphatic heterocycles. The van der Waals surface area contributed by atoms with Crippen LogP contribution in [0.5, 0.6) is 5.75 Å². The van der Waals surface area contributed by atoms with Crippen molar-refractivity contribution in [1.29, 1.82) is 0 Å². The number of carbonyl (C=O) groups excluding carboxylic acids is 1. The van der Waals surface area contributed by atoms with Gasteiger partial charge in [0.15, 0.2) is 0 Å². The third kappa shape index (κ3) is 5.08. The lowest BCUT2D eigenvalue weighted by Gasteiger charge is -2.19. The Kier molecular flexibility index (Phi) is 6.55. The van der Waals surface area contributed by atoms with Gasteiger partial charge in [0.25, 0.3) is 0 Å². The Bertz CT molecular complexity index is 1330. The summed E-state index contributed by atoms with van der Waals surface area (Å²) in [5.74, 6) is 1.75. The first-order chi connectivity index (χ1) is 17.0. The Morgan fingerprint density at radius 3 is 2.66 bits per heavy atom. The molecule has 0 bridgehead atoms. The van der Waals surface area contributed by atoms with Crippen molar-refractivity contribution in [1.82, 2.24) is 14.5 Å². The monoisotopic (exact) mass is 469 g/mol. The summed E-state index contributed by atoms with van der Waals surface area (Å²) in [7, 11) is 0. The number of likely N-dealkylation sites (tertiary alicyclic amines) is 1. The molecule has 6 nitrogen and oxygen atoms in total. The first-order valence-electron chi connectivity index (χ1n) is 12.1. The molecule has 5 rings (SSSR count). The number of hydrogen-bond donors (Lipinski definition) is 1. The van der Waals surface area contributed by atoms with Crippen LogP contribution in [0.3, 0.4) is 0 Å². The molecule has 1 aromatic heterocycles. The second kappa shape index (κ2) is 9.92. The van der Waals surface area contributed by atoms with Crippen molar-refractivity contribution in [2.75, 3.05) is 13.2 Å². The number of aromatic nitrogens is 2. The summed E-state index contributed by atoms with van der Waals surface area (Å²) in [4.78, 5) is 19.7. The fourth-order valence-electron chi connectivity index (χ4n) is 4.81. The molecule has 3 aromatic carbocycles. The van der Waals surface area contributed by atoms with E-state index in [0.717, 1.165) is 39.3 Å². The van der Waals surface area contributed by atoms with Crippen LogP contribution in [-0.2, 0) is 17.9 Å². The molecule has 4 aromatic rings. The summed E-state index contributed by atoms with van der Waals surface area (Å²) in [5, 5.41) is 10.9. The number of aryl methyl sites for hydroxylation is 2. The number of carbonyl (C=O) groups is 1. The Balaban J connectivity index is 1.34. The van der Waals surface area contributed by atoms with Gasteiger partial charge in [-0.25, -0.2) is 4.98 Å². The highest BCUT2D eigenvalue weighted by molar-refractivity contribution is 5.81. The number of rotatable bonds is 8. The third-order valence-electron chi connectivity index (χ3n) is 6.65. The number of benzene rings is 3. The SMILES string of the molecule is Cc1ccc(C)c(OC[C@@H](O)Cn2c([C@H]3CC(=O)N(Cc4ccccc4)C3)nc3ccccc32)c1. The van der Waals surface area contributed by atoms with Crippen LogP contribution >= 0.6 is 0 Å². The Morgan fingerprint density at radius 2 is 1.83 bits per heavy atom. The van der Waals surface area contributed by atoms with E-state index in [2.05, 4.69) is 4.57 Å². The number of aliphatic hydroxyl groups excluding tert-OH is 1. The minimum absolute atomic E-state index is 0.0225. The molecule has 180 valence electrons.